The van der Waals surface area contributed by atoms with Crippen LogP contribution >= 0.6 is 0 Å². The number of hydrogen-bond donors (Lipinski definition) is 3. The van der Waals surface area contributed by atoms with Crippen molar-refractivity contribution in [3.8, 4) is 0 Å². The second-order valence-electron chi connectivity index (χ2n) is 7.00. The van der Waals surface area contributed by atoms with E-state index in [1.54, 1.807) is 30.3 Å². The minimum atomic E-state index is -3.95. The first-order valence-corrected chi connectivity index (χ1v) is 12.9. The number of methoxy groups -OCH3 is 1. The molecule has 34 heavy (non-hydrogen) atoms. The van der Waals surface area contributed by atoms with E-state index < -0.39 is 32.0 Å². The van der Waals surface area contributed by atoms with Gasteiger partial charge in [0.25, 0.3) is 10.0 Å². The van der Waals surface area contributed by atoms with Crippen LogP contribution in [0.15, 0.2) is 83.8 Å². The van der Waals surface area contributed by atoms with Crippen LogP contribution in [0.25, 0.3) is 0 Å². The van der Waals surface area contributed by atoms with E-state index in [9.17, 15) is 26.4 Å². The number of hydrogen-bond acceptors (Lipinski definition) is 7. The van der Waals surface area contributed by atoms with E-state index in [2.05, 4.69) is 14.8 Å². The topological polar surface area (TPSA) is 148 Å². The minimum Gasteiger partial charge on any atom is -0.465 e. The molecule has 0 saturated heterocycles. The minimum absolute atomic E-state index is 0.0906. The summed E-state index contributed by atoms with van der Waals surface area (Å²) in [5.41, 5.74) is 1.21. The molecule has 10 nitrogen and oxygen atoms in total. The number of anilines is 2. The number of rotatable bonds is 8. The smallest absolute Gasteiger partial charge is 0.337 e. The number of nitrogens with one attached hydrogen (secondary N) is 3. The largest absolute Gasteiger partial charge is 0.465 e. The molecule has 3 aromatic rings. The Morgan fingerprint density at radius 2 is 1.38 bits per heavy atom. The molecule has 0 heterocycles. The van der Waals surface area contributed by atoms with Crippen LogP contribution in [0.4, 0.5) is 16.2 Å². The number of carbonyl (C=O) groups excluding carboxylic acids is 2. The highest BCUT2D eigenvalue weighted by molar-refractivity contribution is 7.92. The van der Waals surface area contributed by atoms with Gasteiger partial charge in [-0.2, -0.15) is 0 Å². The van der Waals surface area contributed by atoms with Gasteiger partial charge in [-0.3, -0.25) is 4.72 Å². The van der Waals surface area contributed by atoms with Crippen molar-refractivity contribution in [2.24, 2.45) is 0 Å². The summed E-state index contributed by atoms with van der Waals surface area (Å²) in [6, 6.07) is 18.2. The average Bonchev–Trinajstić information content (AvgIpc) is 2.79. The van der Waals surface area contributed by atoms with Crippen LogP contribution in [0, 0.1) is 0 Å². The third-order valence-corrected chi connectivity index (χ3v) is 7.04. The molecule has 0 radical (unpaired) electrons. The third-order valence-electron chi connectivity index (χ3n) is 4.43. The molecule has 3 aromatic carbocycles. The van der Waals surface area contributed by atoms with Crippen molar-refractivity contribution in [2.45, 2.75) is 10.6 Å². The number of amides is 2. The van der Waals surface area contributed by atoms with Gasteiger partial charge in [-0.15, -0.1) is 0 Å². The van der Waals surface area contributed by atoms with Crippen LogP contribution in [0.2, 0.25) is 0 Å². The van der Waals surface area contributed by atoms with Gasteiger partial charge in [0, 0.05) is 11.4 Å². The Kier molecular flexibility index (Phi) is 7.54. The van der Waals surface area contributed by atoms with Gasteiger partial charge in [0.05, 0.1) is 23.3 Å². The van der Waals surface area contributed by atoms with Crippen LogP contribution in [0.3, 0.4) is 0 Å². The van der Waals surface area contributed by atoms with Gasteiger partial charge >= 0.3 is 12.0 Å². The molecule has 0 aliphatic rings. The number of esters is 1. The number of sulfonamides is 2. The van der Waals surface area contributed by atoms with Crippen molar-refractivity contribution >= 4 is 43.4 Å². The second-order valence-corrected chi connectivity index (χ2v) is 10.4. The normalized spacial score (nSPS) is 11.3. The van der Waals surface area contributed by atoms with Crippen molar-refractivity contribution < 1.29 is 31.2 Å². The molecule has 0 saturated carbocycles. The van der Waals surface area contributed by atoms with Crippen LogP contribution in [-0.4, -0.2) is 35.9 Å². The molecular formula is C22H21N3O7S2. The molecule has 3 N–H and O–H groups in total. The Balaban J connectivity index is 1.61. The molecule has 0 atom stereocenters. The molecule has 3 rings (SSSR count). The van der Waals surface area contributed by atoms with Crippen LogP contribution in [-0.2, 0) is 30.5 Å². The first-order valence-electron chi connectivity index (χ1n) is 9.75. The summed E-state index contributed by atoms with van der Waals surface area (Å²) in [6.45, 7) is 0. The lowest BCUT2D eigenvalue weighted by molar-refractivity contribution is 0.0600. The quantitative estimate of drug-likeness (QED) is 0.400. The average molecular weight is 504 g/mol. The van der Waals surface area contributed by atoms with Gasteiger partial charge in [-0.1, -0.05) is 30.3 Å². The van der Waals surface area contributed by atoms with Crippen LogP contribution in [0.1, 0.15) is 15.9 Å². The number of benzene rings is 3. The van der Waals surface area contributed by atoms with Gasteiger partial charge in [0.1, 0.15) is 0 Å². The van der Waals surface area contributed by atoms with E-state index in [4.69, 9.17) is 0 Å². The predicted molar refractivity (Wildman–Crippen MR) is 126 cm³/mol. The first kappa shape index (κ1) is 24.7. The van der Waals surface area contributed by atoms with Crippen molar-refractivity contribution in [2.75, 3.05) is 17.1 Å². The molecule has 0 unspecified atom stereocenters. The maximum atomic E-state index is 12.6. The highest BCUT2D eigenvalue weighted by atomic mass is 32.2. The molecule has 2 amide bonds. The van der Waals surface area contributed by atoms with Gasteiger partial charge in [-0.25, -0.2) is 31.1 Å². The Morgan fingerprint density at radius 3 is 1.97 bits per heavy atom. The highest BCUT2D eigenvalue weighted by Gasteiger charge is 2.17. The van der Waals surface area contributed by atoms with Crippen molar-refractivity contribution in [3.05, 3.63) is 90.0 Å². The van der Waals surface area contributed by atoms with E-state index in [-0.39, 0.29) is 27.6 Å². The lowest BCUT2D eigenvalue weighted by Gasteiger charge is -2.11. The van der Waals surface area contributed by atoms with Crippen molar-refractivity contribution in [3.63, 3.8) is 0 Å². The summed E-state index contributed by atoms with van der Waals surface area (Å²) in [4.78, 5) is 23.5. The number of carbonyl (C=O) groups is 2. The fourth-order valence-corrected chi connectivity index (χ4v) is 4.95. The van der Waals surface area contributed by atoms with E-state index in [1.807, 2.05) is 4.72 Å². The summed E-state index contributed by atoms with van der Waals surface area (Å²) >= 11 is 0. The third kappa shape index (κ3) is 6.80. The molecule has 0 aromatic heterocycles. The molecule has 178 valence electrons. The van der Waals surface area contributed by atoms with Crippen LogP contribution < -0.4 is 14.8 Å². The Hall–Kier alpha value is -3.90. The summed E-state index contributed by atoms with van der Waals surface area (Å²) < 4.78 is 58.4. The summed E-state index contributed by atoms with van der Waals surface area (Å²) in [6.07, 6.45) is 0. The molecule has 0 spiro atoms. The Bertz CT molecular complexity index is 1370. The number of ether oxygens (including phenoxy) is 1. The van der Waals surface area contributed by atoms with Gasteiger partial charge in [0.2, 0.25) is 10.0 Å². The molecule has 0 bridgehead atoms. The van der Waals surface area contributed by atoms with Crippen molar-refractivity contribution in [1.82, 2.24) is 4.72 Å². The molecule has 12 heteroatoms. The number of urea groups is 1. The van der Waals surface area contributed by atoms with E-state index in [0.29, 0.717) is 5.56 Å². The zero-order valence-electron chi connectivity index (χ0n) is 17.9. The summed E-state index contributed by atoms with van der Waals surface area (Å²) in [7, 11) is -6.64. The maximum Gasteiger partial charge on any atom is 0.337 e. The van der Waals surface area contributed by atoms with Gasteiger partial charge in [-0.05, 0) is 54.1 Å². The van der Waals surface area contributed by atoms with E-state index in [0.717, 1.165) is 0 Å². The molecule has 0 aliphatic heterocycles. The summed E-state index contributed by atoms with van der Waals surface area (Å²) in [5, 5.41) is 2.35. The van der Waals surface area contributed by atoms with Crippen molar-refractivity contribution in [1.29, 1.82) is 0 Å². The first-order chi connectivity index (χ1) is 16.1. The zero-order valence-corrected chi connectivity index (χ0v) is 19.5. The highest BCUT2D eigenvalue weighted by Crippen LogP contribution is 2.19. The fraction of sp³-hybridized carbons (Fsp3) is 0.0909. The maximum absolute atomic E-state index is 12.6. The van der Waals surface area contributed by atoms with E-state index in [1.165, 1.54) is 55.6 Å². The second kappa shape index (κ2) is 10.4. The summed E-state index contributed by atoms with van der Waals surface area (Å²) in [5.74, 6) is -0.917. The van der Waals surface area contributed by atoms with Gasteiger partial charge in [0.15, 0.2) is 0 Å². The molecule has 0 aliphatic carbocycles. The monoisotopic (exact) mass is 503 g/mol. The van der Waals surface area contributed by atoms with Crippen LogP contribution in [0.5, 0.6) is 0 Å². The molecular weight excluding hydrogens is 482 g/mol. The Morgan fingerprint density at radius 1 is 0.794 bits per heavy atom. The lowest BCUT2D eigenvalue weighted by Crippen LogP contribution is -2.35. The fourth-order valence-electron chi connectivity index (χ4n) is 2.85. The molecule has 0 fully saturated rings. The standard InChI is InChI=1S/C22H21N3O7S2/c1-32-21(26)17-7-9-19(10-8-17)24-34(30,31)20-13-11-18(12-14-20)23-22(27)25-33(28,29)15-16-5-3-2-4-6-16/h2-14,24H,15H2,1H3,(H2,23,25,27). The van der Waals surface area contributed by atoms with E-state index >= 15 is 0 Å². The van der Waals surface area contributed by atoms with Gasteiger partial charge < -0.3 is 10.1 Å². The SMILES string of the molecule is COC(=O)c1ccc(NS(=O)(=O)c2ccc(NC(=O)NS(=O)(=O)Cc3ccccc3)cc2)cc1. The lowest BCUT2D eigenvalue weighted by atomic mass is 10.2. The zero-order chi connectivity index (χ0) is 24.8. The predicted octanol–water partition coefficient (Wildman–Crippen LogP) is 2.93. The Labute approximate surface area is 197 Å².